The fraction of sp³-hybridized carbons (Fsp3) is 0.615. The van der Waals surface area contributed by atoms with E-state index < -0.39 is 10.0 Å². The van der Waals surface area contributed by atoms with Crippen LogP contribution in [0.1, 0.15) is 30.7 Å². The molecule has 1 N–H and O–H groups in total. The molecule has 1 aliphatic heterocycles. The van der Waals surface area contributed by atoms with Crippen LogP contribution in [0.5, 0.6) is 0 Å². The van der Waals surface area contributed by atoms with Crippen LogP contribution in [0.3, 0.4) is 0 Å². The van der Waals surface area contributed by atoms with Gasteiger partial charge in [-0.25, -0.2) is 12.7 Å². The molecule has 0 radical (unpaired) electrons. The van der Waals surface area contributed by atoms with Crippen molar-refractivity contribution in [1.29, 1.82) is 0 Å². The SMILES string of the molecule is CCS(=O)(=O)N1CCC(c2cc(NC)cc(C)n2)C1. The highest BCUT2D eigenvalue weighted by Crippen LogP contribution is 2.29. The first kappa shape index (κ1) is 14.3. The van der Waals surface area contributed by atoms with Gasteiger partial charge in [-0.1, -0.05) is 0 Å². The van der Waals surface area contributed by atoms with E-state index in [9.17, 15) is 8.42 Å². The third-order valence-electron chi connectivity index (χ3n) is 3.59. The number of hydrogen-bond donors (Lipinski definition) is 1. The predicted octanol–water partition coefficient (Wildman–Crippen LogP) is 1.57. The lowest BCUT2D eigenvalue weighted by Crippen LogP contribution is -2.30. The Labute approximate surface area is 115 Å². The highest BCUT2D eigenvalue weighted by molar-refractivity contribution is 7.89. The number of nitrogens with zero attached hydrogens (tertiary/aromatic N) is 2. The number of anilines is 1. The first-order valence-electron chi connectivity index (χ1n) is 6.60. The van der Waals surface area contributed by atoms with Gasteiger partial charge in [0.1, 0.15) is 0 Å². The molecule has 0 bridgehead atoms. The molecular formula is C13H21N3O2S. The topological polar surface area (TPSA) is 62.3 Å². The molecule has 0 aromatic carbocycles. The third-order valence-corrected chi connectivity index (χ3v) is 5.44. The van der Waals surface area contributed by atoms with Crippen LogP contribution in [0.15, 0.2) is 12.1 Å². The highest BCUT2D eigenvalue weighted by Gasteiger charge is 2.31. The first-order valence-corrected chi connectivity index (χ1v) is 8.21. The second-order valence-electron chi connectivity index (χ2n) is 4.92. The Hall–Kier alpha value is -1.14. The van der Waals surface area contributed by atoms with Gasteiger partial charge >= 0.3 is 0 Å². The Bertz CT molecular complexity index is 557. The molecule has 106 valence electrons. The number of aryl methyl sites for hydroxylation is 1. The fourth-order valence-electron chi connectivity index (χ4n) is 2.45. The first-order chi connectivity index (χ1) is 8.96. The lowest BCUT2D eigenvalue weighted by molar-refractivity contribution is 0.473. The van der Waals surface area contributed by atoms with Crippen LogP contribution in [-0.2, 0) is 10.0 Å². The summed E-state index contributed by atoms with van der Waals surface area (Å²) in [6.45, 7) is 4.80. The third kappa shape index (κ3) is 3.06. The molecule has 1 aromatic rings. The molecule has 1 unspecified atom stereocenters. The van der Waals surface area contributed by atoms with Crippen LogP contribution in [0.4, 0.5) is 5.69 Å². The summed E-state index contributed by atoms with van der Waals surface area (Å²) in [6, 6.07) is 4.00. The van der Waals surface area contributed by atoms with Gasteiger partial charge in [0.2, 0.25) is 10.0 Å². The van der Waals surface area contributed by atoms with Gasteiger partial charge in [0, 0.05) is 43.1 Å². The zero-order chi connectivity index (χ0) is 14.0. The quantitative estimate of drug-likeness (QED) is 0.911. The van der Waals surface area contributed by atoms with Gasteiger partial charge in [-0.15, -0.1) is 0 Å². The molecule has 0 spiro atoms. The standard InChI is InChI=1S/C13H21N3O2S/c1-4-19(17,18)16-6-5-11(9-16)13-8-12(14-3)7-10(2)15-13/h7-8,11H,4-6,9H2,1-3H3,(H,14,15). The molecule has 5 nitrogen and oxygen atoms in total. The predicted molar refractivity (Wildman–Crippen MR) is 76.9 cm³/mol. The van der Waals surface area contributed by atoms with Gasteiger partial charge in [-0.3, -0.25) is 4.98 Å². The van der Waals surface area contributed by atoms with E-state index in [0.29, 0.717) is 13.1 Å². The van der Waals surface area contributed by atoms with Crippen molar-refractivity contribution in [3.8, 4) is 0 Å². The number of nitrogens with one attached hydrogen (secondary N) is 1. The Morgan fingerprint density at radius 1 is 1.47 bits per heavy atom. The van der Waals surface area contributed by atoms with Crippen LogP contribution in [0.25, 0.3) is 0 Å². The van der Waals surface area contributed by atoms with Gasteiger partial charge in [-0.2, -0.15) is 0 Å². The number of pyridine rings is 1. The number of hydrogen-bond acceptors (Lipinski definition) is 4. The summed E-state index contributed by atoms with van der Waals surface area (Å²) in [7, 11) is -1.20. The van der Waals surface area contributed by atoms with E-state index in [1.165, 1.54) is 0 Å². The van der Waals surface area contributed by atoms with Crippen molar-refractivity contribution in [3.05, 3.63) is 23.5 Å². The van der Waals surface area contributed by atoms with Crippen LogP contribution in [0.2, 0.25) is 0 Å². The van der Waals surface area contributed by atoms with E-state index >= 15 is 0 Å². The summed E-state index contributed by atoms with van der Waals surface area (Å²) >= 11 is 0. The second-order valence-corrected chi connectivity index (χ2v) is 7.17. The molecule has 1 atom stereocenters. The summed E-state index contributed by atoms with van der Waals surface area (Å²) < 4.78 is 25.3. The Kier molecular flexibility index (Phi) is 4.10. The van der Waals surface area contributed by atoms with E-state index in [1.807, 2.05) is 26.1 Å². The maximum Gasteiger partial charge on any atom is 0.213 e. The zero-order valence-corrected chi connectivity index (χ0v) is 12.5. The fourth-order valence-corrected chi connectivity index (χ4v) is 3.61. The lowest BCUT2D eigenvalue weighted by Gasteiger charge is -2.15. The van der Waals surface area contributed by atoms with E-state index in [2.05, 4.69) is 10.3 Å². The van der Waals surface area contributed by atoms with Gasteiger partial charge < -0.3 is 5.32 Å². The second kappa shape index (κ2) is 5.46. The van der Waals surface area contributed by atoms with Crippen molar-refractivity contribution in [2.45, 2.75) is 26.2 Å². The van der Waals surface area contributed by atoms with Crippen molar-refractivity contribution < 1.29 is 8.42 Å². The average molecular weight is 283 g/mol. The van der Waals surface area contributed by atoms with Gasteiger partial charge in [-0.05, 0) is 32.4 Å². The molecule has 19 heavy (non-hydrogen) atoms. The Morgan fingerprint density at radius 3 is 2.84 bits per heavy atom. The molecule has 2 heterocycles. The number of rotatable bonds is 4. The molecule has 6 heteroatoms. The number of aromatic nitrogens is 1. The normalized spacial score (nSPS) is 20.7. The average Bonchev–Trinajstić information content (AvgIpc) is 2.88. The number of sulfonamides is 1. The van der Waals surface area contributed by atoms with Crippen LogP contribution in [-0.4, -0.2) is 43.6 Å². The van der Waals surface area contributed by atoms with Crippen LogP contribution < -0.4 is 5.32 Å². The van der Waals surface area contributed by atoms with E-state index in [1.54, 1.807) is 11.2 Å². The smallest absolute Gasteiger partial charge is 0.213 e. The summed E-state index contributed by atoms with van der Waals surface area (Å²) in [4.78, 5) is 4.54. The van der Waals surface area contributed by atoms with Crippen molar-refractivity contribution >= 4 is 15.7 Å². The molecule has 2 rings (SSSR count). The van der Waals surface area contributed by atoms with Gasteiger partial charge in [0.05, 0.1) is 5.75 Å². The molecule has 1 fully saturated rings. The van der Waals surface area contributed by atoms with Gasteiger partial charge in [0.15, 0.2) is 0 Å². The molecule has 0 amide bonds. The minimum atomic E-state index is -3.07. The van der Waals surface area contributed by atoms with Gasteiger partial charge in [0.25, 0.3) is 0 Å². The molecule has 1 aromatic heterocycles. The monoisotopic (exact) mass is 283 g/mol. The van der Waals surface area contributed by atoms with E-state index in [-0.39, 0.29) is 11.7 Å². The van der Waals surface area contributed by atoms with E-state index in [0.717, 1.165) is 23.5 Å². The summed E-state index contributed by atoms with van der Waals surface area (Å²) in [5.41, 5.74) is 2.97. The highest BCUT2D eigenvalue weighted by atomic mass is 32.2. The Balaban J connectivity index is 2.19. The summed E-state index contributed by atoms with van der Waals surface area (Å²) in [5.74, 6) is 0.372. The minimum Gasteiger partial charge on any atom is -0.388 e. The lowest BCUT2D eigenvalue weighted by atomic mass is 10.0. The van der Waals surface area contributed by atoms with Crippen molar-refractivity contribution in [3.63, 3.8) is 0 Å². The minimum absolute atomic E-state index is 0.169. The van der Waals surface area contributed by atoms with Crippen LogP contribution in [0, 0.1) is 6.92 Å². The molecule has 1 saturated heterocycles. The Morgan fingerprint density at radius 2 is 2.21 bits per heavy atom. The van der Waals surface area contributed by atoms with Crippen molar-refractivity contribution in [2.75, 3.05) is 31.2 Å². The van der Waals surface area contributed by atoms with E-state index in [4.69, 9.17) is 0 Å². The molecule has 0 aliphatic carbocycles. The zero-order valence-electron chi connectivity index (χ0n) is 11.7. The van der Waals surface area contributed by atoms with Crippen molar-refractivity contribution in [2.24, 2.45) is 0 Å². The van der Waals surface area contributed by atoms with Crippen LogP contribution >= 0.6 is 0 Å². The molecular weight excluding hydrogens is 262 g/mol. The molecule has 1 aliphatic rings. The largest absolute Gasteiger partial charge is 0.388 e. The summed E-state index contributed by atoms with van der Waals surface area (Å²) in [5, 5.41) is 3.11. The summed E-state index contributed by atoms with van der Waals surface area (Å²) in [6.07, 6.45) is 0.846. The maximum absolute atomic E-state index is 11.9. The molecule has 0 saturated carbocycles. The van der Waals surface area contributed by atoms with Crippen molar-refractivity contribution in [1.82, 2.24) is 9.29 Å². The maximum atomic E-state index is 11.9.